The lowest BCUT2D eigenvalue weighted by Crippen LogP contribution is -2.45. The van der Waals surface area contributed by atoms with Gasteiger partial charge in [-0.25, -0.2) is 0 Å². The van der Waals surface area contributed by atoms with E-state index in [1.807, 2.05) is 6.20 Å². The molecule has 0 spiro atoms. The molecule has 0 radical (unpaired) electrons. The molecule has 3 aromatic rings. The van der Waals surface area contributed by atoms with Crippen molar-refractivity contribution in [3.63, 3.8) is 0 Å². The van der Waals surface area contributed by atoms with Gasteiger partial charge in [-0.2, -0.15) is 5.10 Å². The molecule has 130 valence electrons. The van der Waals surface area contributed by atoms with E-state index in [-0.39, 0.29) is 11.7 Å². The van der Waals surface area contributed by atoms with Crippen LogP contribution in [0.2, 0.25) is 0 Å². The number of ether oxygens (including phenoxy) is 1. The summed E-state index contributed by atoms with van der Waals surface area (Å²) in [4.78, 5) is 19.3. The first-order chi connectivity index (χ1) is 12.1. The average Bonchev–Trinajstić information content (AvgIpc) is 3.23. The molecule has 0 saturated carbocycles. The summed E-state index contributed by atoms with van der Waals surface area (Å²) in [5.74, 6) is 0.846. The summed E-state index contributed by atoms with van der Waals surface area (Å²) in [5.41, 5.74) is 3.25. The predicted molar refractivity (Wildman–Crippen MR) is 98.3 cm³/mol. The van der Waals surface area contributed by atoms with Crippen molar-refractivity contribution >= 4 is 21.4 Å². The topological polar surface area (TPSA) is 74.0 Å². The van der Waals surface area contributed by atoms with Gasteiger partial charge in [-0.1, -0.05) is 0 Å². The number of rotatable bonds is 3. The second-order valence-corrected chi connectivity index (χ2v) is 8.12. The lowest BCUT2D eigenvalue weighted by molar-refractivity contribution is 0.0936. The molecule has 2 N–H and O–H groups in total. The van der Waals surface area contributed by atoms with E-state index in [2.05, 4.69) is 33.9 Å². The number of hydrogen-bond donors (Lipinski definition) is 2. The summed E-state index contributed by atoms with van der Waals surface area (Å²) in [5, 5.41) is 7.90. The Morgan fingerprint density at radius 3 is 3.00 bits per heavy atom. The number of likely N-dealkylation sites (tertiary alicyclic amines) is 1. The first kappa shape index (κ1) is 15.2. The Balaban J connectivity index is 1.73. The molecule has 1 fully saturated rings. The van der Waals surface area contributed by atoms with Crippen molar-refractivity contribution in [3.05, 3.63) is 34.0 Å². The smallest absolute Gasteiger partial charge is 0.266 e. The van der Waals surface area contributed by atoms with Crippen LogP contribution in [-0.4, -0.2) is 38.8 Å². The fourth-order valence-corrected chi connectivity index (χ4v) is 4.98. The summed E-state index contributed by atoms with van der Waals surface area (Å²) < 4.78 is 6.94. The third-order valence-corrected chi connectivity index (χ3v) is 6.61. The normalized spacial score (nSPS) is 22.8. The predicted octanol–water partition coefficient (Wildman–Crippen LogP) is 2.90. The number of nitrogens with zero attached hydrogens (tertiary/aromatic N) is 2. The summed E-state index contributed by atoms with van der Waals surface area (Å²) in [7, 11) is 0. The minimum Gasteiger partial charge on any atom is -0.488 e. The van der Waals surface area contributed by atoms with Gasteiger partial charge in [0.25, 0.3) is 5.56 Å². The second-order valence-electron chi connectivity index (χ2n) is 7.10. The van der Waals surface area contributed by atoms with E-state index in [9.17, 15) is 4.79 Å². The first-order valence-corrected chi connectivity index (χ1v) is 9.54. The van der Waals surface area contributed by atoms with E-state index < -0.39 is 0 Å². The zero-order chi connectivity index (χ0) is 17.1. The van der Waals surface area contributed by atoms with Crippen LogP contribution >= 0.6 is 11.3 Å². The van der Waals surface area contributed by atoms with Gasteiger partial charge in [0.15, 0.2) is 0 Å². The van der Waals surface area contributed by atoms with Gasteiger partial charge in [-0.15, -0.1) is 11.3 Å². The zero-order valence-electron chi connectivity index (χ0n) is 14.3. The van der Waals surface area contributed by atoms with Crippen LogP contribution in [0.5, 0.6) is 5.75 Å². The maximum Gasteiger partial charge on any atom is 0.266 e. The molecule has 2 atom stereocenters. The fraction of sp³-hybridized carbons (Fsp3) is 0.444. The van der Waals surface area contributed by atoms with Crippen LogP contribution in [0, 0.1) is 0 Å². The third-order valence-electron chi connectivity index (χ3n) is 5.39. The molecule has 2 unspecified atom stereocenters. The van der Waals surface area contributed by atoms with Crippen molar-refractivity contribution in [1.29, 1.82) is 0 Å². The van der Waals surface area contributed by atoms with Crippen molar-refractivity contribution in [2.24, 2.45) is 0 Å². The molecular weight excluding hydrogens is 336 g/mol. The molecule has 3 aromatic heterocycles. The molecule has 0 bridgehead atoms. The van der Waals surface area contributed by atoms with Gasteiger partial charge < -0.3 is 9.72 Å². The highest BCUT2D eigenvalue weighted by molar-refractivity contribution is 7.22. The van der Waals surface area contributed by atoms with Crippen LogP contribution < -0.4 is 10.3 Å². The van der Waals surface area contributed by atoms with E-state index in [0.717, 1.165) is 51.5 Å². The average molecular weight is 356 g/mol. The summed E-state index contributed by atoms with van der Waals surface area (Å²) in [6, 6.07) is 0.590. The van der Waals surface area contributed by atoms with Crippen LogP contribution in [0.1, 0.15) is 31.5 Å². The van der Waals surface area contributed by atoms with Gasteiger partial charge in [-0.05, 0) is 25.8 Å². The summed E-state index contributed by atoms with van der Waals surface area (Å²) in [6.07, 6.45) is 5.78. The lowest BCUT2D eigenvalue weighted by atomic mass is 9.97. The van der Waals surface area contributed by atoms with Crippen molar-refractivity contribution < 1.29 is 4.74 Å². The quantitative estimate of drug-likeness (QED) is 0.757. The molecule has 0 amide bonds. The van der Waals surface area contributed by atoms with Crippen LogP contribution in [0.4, 0.5) is 0 Å². The van der Waals surface area contributed by atoms with E-state index in [4.69, 9.17) is 4.74 Å². The van der Waals surface area contributed by atoms with Gasteiger partial charge >= 0.3 is 0 Å². The molecule has 5 heterocycles. The van der Waals surface area contributed by atoms with Crippen LogP contribution in [-0.2, 0) is 13.0 Å². The van der Waals surface area contributed by atoms with Crippen molar-refractivity contribution in [2.45, 2.75) is 45.4 Å². The molecule has 7 heteroatoms. The molecule has 0 aromatic carbocycles. The highest BCUT2D eigenvalue weighted by atomic mass is 32.1. The lowest BCUT2D eigenvalue weighted by Gasteiger charge is -2.39. The largest absolute Gasteiger partial charge is 0.488 e. The maximum absolute atomic E-state index is 12.7. The molecule has 5 rings (SSSR count). The second kappa shape index (κ2) is 5.44. The van der Waals surface area contributed by atoms with Crippen molar-refractivity contribution in [2.75, 3.05) is 6.54 Å². The van der Waals surface area contributed by atoms with Gasteiger partial charge in [-0.3, -0.25) is 14.8 Å². The number of aromatic nitrogens is 3. The van der Waals surface area contributed by atoms with Crippen molar-refractivity contribution in [3.8, 4) is 16.2 Å². The Kier molecular flexibility index (Phi) is 3.30. The minimum absolute atomic E-state index is 0.0129. The number of hydrogen-bond acceptors (Lipinski definition) is 5. The van der Waals surface area contributed by atoms with Gasteiger partial charge in [0.1, 0.15) is 16.6 Å². The highest BCUT2D eigenvalue weighted by Crippen LogP contribution is 2.47. The number of H-pyrrole nitrogens is 2. The van der Waals surface area contributed by atoms with E-state index in [0.29, 0.717) is 6.04 Å². The Hall–Kier alpha value is -2.12. The van der Waals surface area contributed by atoms with E-state index >= 15 is 0 Å². The Labute approximate surface area is 148 Å². The monoisotopic (exact) mass is 356 g/mol. The Bertz CT molecular complexity index is 1000. The van der Waals surface area contributed by atoms with Gasteiger partial charge in [0, 0.05) is 48.4 Å². The Morgan fingerprint density at radius 2 is 2.32 bits per heavy atom. The highest BCUT2D eigenvalue weighted by Gasteiger charge is 2.31. The van der Waals surface area contributed by atoms with Gasteiger partial charge in [0.05, 0.1) is 11.1 Å². The molecule has 2 aliphatic rings. The van der Waals surface area contributed by atoms with Crippen LogP contribution in [0.25, 0.3) is 20.5 Å². The maximum atomic E-state index is 12.7. The van der Waals surface area contributed by atoms with Crippen molar-refractivity contribution in [1.82, 2.24) is 20.1 Å². The number of aromatic amines is 2. The number of pyridine rings is 1. The SMILES string of the molecule is CC1Cc2c(CN3CCC3C)[nH]c(=O)c3sc(-c4cn[nH]c4)c(c23)O1. The molecular formula is C18H20N4O2S. The first-order valence-electron chi connectivity index (χ1n) is 8.72. The van der Waals surface area contributed by atoms with E-state index in [1.54, 1.807) is 6.20 Å². The van der Waals surface area contributed by atoms with E-state index in [1.165, 1.54) is 23.3 Å². The molecule has 2 aliphatic heterocycles. The fourth-order valence-electron chi connectivity index (χ4n) is 3.85. The zero-order valence-corrected chi connectivity index (χ0v) is 15.1. The summed E-state index contributed by atoms with van der Waals surface area (Å²) >= 11 is 1.49. The molecule has 25 heavy (non-hydrogen) atoms. The molecule has 0 aliphatic carbocycles. The minimum atomic E-state index is -0.0129. The molecule has 6 nitrogen and oxygen atoms in total. The number of thiophene rings is 1. The van der Waals surface area contributed by atoms with Gasteiger partial charge in [0.2, 0.25) is 0 Å². The third kappa shape index (κ3) is 2.26. The van der Waals surface area contributed by atoms with Crippen LogP contribution in [0.3, 0.4) is 0 Å². The summed E-state index contributed by atoms with van der Waals surface area (Å²) in [6.45, 7) is 6.24. The number of nitrogens with one attached hydrogen (secondary N) is 2. The molecule has 1 saturated heterocycles. The standard InChI is InChI=1S/C18H20N4O2S/c1-9-3-4-22(9)8-13-12-5-10(2)24-15-14(12)17(18(23)21-13)25-16(15)11-6-19-20-7-11/h6-7,9-10H,3-5,8H2,1-2H3,(H,19,20)(H,21,23). The van der Waals surface area contributed by atoms with Crippen LogP contribution in [0.15, 0.2) is 17.2 Å². The Morgan fingerprint density at radius 1 is 1.44 bits per heavy atom.